The number of imide groups is 1. The SMILES string of the molecule is CC(C)(C)[C@@H](C(O)O)N1C(=O)c2c(Br)c(Br)c(Br)c(Br)c2C1=O.[CH3-].[CH3-].[CH3-].[CH3-].[CH3-].[CH3-].[Rh+3].[Rh+3]. The van der Waals surface area contributed by atoms with Gasteiger partial charge in [0.05, 0.1) is 17.2 Å². The number of hydrogen-bond donors (Lipinski definition) is 2. The van der Waals surface area contributed by atoms with Gasteiger partial charge in [-0.2, -0.15) is 0 Å². The Labute approximate surface area is 248 Å². The molecule has 11 heteroatoms. The van der Waals surface area contributed by atoms with Crippen molar-refractivity contribution in [2.24, 2.45) is 5.41 Å². The van der Waals surface area contributed by atoms with Crippen LogP contribution in [0.1, 0.15) is 41.5 Å². The maximum atomic E-state index is 12.8. The largest absolute Gasteiger partial charge is 3.00 e. The summed E-state index contributed by atoms with van der Waals surface area (Å²) in [5.41, 5.74) is -0.340. The first kappa shape index (κ1) is 49.6. The van der Waals surface area contributed by atoms with Gasteiger partial charge in [0.15, 0.2) is 6.29 Å². The number of hydrogen-bond acceptors (Lipinski definition) is 4. The second kappa shape index (κ2) is 17.8. The minimum absolute atomic E-state index is 0. The van der Waals surface area contributed by atoms with Gasteiger partial charge in [-0.15, -0.1) is 0 Å². The Kier molecular flexibility index (Phi) is 28.5. The van der Waals surface area contributed by atoms with E-state index in [0.29, 0.717) is 17.9 Å². The van der Waals surface area contributed by atoms with Gasteiger partial charge in [-0.05, 0) is 69.1 Å². The molecule has 0 bridgehead atoms. The molecular formula is C20H31Br4NO4Rh2. The summed E-state index contributed by atoms with van der Waals surface area (Å²) in [5.74, 6) is -1.14. The molecule has 1 aliphatic rings. The van der Waals surface area contributed by atoms with Crippen molar-refractivity contribution in [2.75, 3.05) is 0 Å². The predicted octanol–water partition coefficient (Wildman–Crippen LogP) is 6.75. The molecule has 0 spiro atoms. The van der Waals surface area contributed by atoms with Crippen molar-refractivity contribution in [3.8, 4) is 0 Å². The van der Waals surface area contributed by atoms with Crippen LogP contribution in [-0.4, -0.2) is 39.3 Å². The van der Waals surface area contributed by atoms with Crippen LogP contribution in [0.4, 0.5) is 0 Å². The van der Waals surface area contributed by atoms with Gasteiger partial charge in [-0.1, -0.05) is 20.8 Å². The zero-order valence-corrected chi connectivity index (χ0v) is 28.6. The maximum absolute atomic E-state index is 12.8. The van der Waals surface area contributed by atoms with Crippen molar-refractivity contribution in [2.45, 2.75) is 33.1 Å². The Bertz CT molecular complexity index is 679. The fourth-order valence-electron chi connectivity index (χ4n) is 2.59. The van der Waals surface area contributed by atoms with Gasteiger partial charge in [-0.25, -0.2) is 0 Å². The summed E-state index contributed by atoms with van der Waals surface area (Å²) in [7, 11) is 0. The molecule has 31 heavy (non-hydrogen) atoms. The number of nitrogens with zero attached hydrogens (tertiary/aromatic N) is 1. The van der Waals surface area contributed by atoms with Crippen molar-refractivity contribution in [1.29, 1.82) is 0 Å². The molecular weight excluding hydrogens is 844 g/mol. The molecule has 1 aromatic carbocycles. The number of carbonyl (C=O) groups excluding carboxylic acids is 2. The zero-order chi connectivity index (χ0) is 17.9. The van der Waals surface area contributed by atoms with E-state index < -0.39 is 29.6 Å². The molecule has 2 amide bonds. The molecule has 0 radical (unpaired) electrons. The number of aliphatic hydroxyl groups is 2. The number of fused-ring (bicyclic) bond motifs is 1. The van der Waals surface area contributed by atoms with Crippen LogP contribution in [0.5, 0.6) is 0 Å². The normalized spacial score (nSPS) is 12.1. The van der Waals surface area contributed by atoms with E-state index in [0.717, 1.165) is 4.90 Å². The standard InChI is InChI=1S/C14H13Br4NO4.6CH3.2Rh/c1-14(2,3)10(13(22)23)19-11(20)4-5(12(19)21)7(16)9(18)8(17)6(4)15;;;;;;;;/h10,13,22-23H,1-3H3;6*1H3;;/q;6*-1;2*+3/t10-;;;;;;;;/m1......../s1. The Morgan fingerprint density at radius 2 is 0.935 bits per heavy atom. The van der Waals surface area contributed by atoms with Crippen LogP contribution >= 0.6 is 63.7 Å². The molecule has 1 aromatic rings. The van der Waals surface area contributed by atoms with Crippen LogP contribution in [-0.2, 0) is 39.0 Å². The molecule has 0 aliphatic carbocycles. The van der Waals surface area contributed by atoms with E-state index in [4.69, 9.17) is 0 Å². The number of rotatable bonds is 2. The molecule has 186 valence electrons. The number of carbonyl (C=O) groups is 2. The van der Waals surface area contributed by atoms with Gasteiger partial charge < -0.3 is 54.8 Å². The number of amides is 2. The molecule has 1 heterocycles. The zero-order valence-electron chi connectivity index (χ0n) is 19.0. The summed E-state index contributed by atoms with van der Waals surface area (Å²) >= 11 is 13.4. The van der Waals surface area contributed by atoms with Crippen molar-refractivity contribution < 1.29 is 58.8 Å². The monoisotopic (exact) mass is 871 g/mol. The van der Waals surface area contributed by atoms with Gasteiger partial charge in [0.1, 0.15) is 0 Å². The fourth-order valence-corrected chi connectivity index (χ4v) is 5.04. The number of aliphatic hydroxyl groups excluding tert-OH is 1. The van der Waals surface area contributed by atoms with Gasteiger partial charge in [0.2, 0.25) is 0 Å². The van der Waals surface area contributed by atoms with Crippen LogP contribution in [0, 0.1) is 50.0 Å². The quantitative estimate of drug-likeness (QED) is 0.0862. The Balaban J connectivity index is -0.000000144. The minimum Gasteiger partial charge on any atom is -0.366 e. The second-order valence-electron chi connectivity index (χ2n) is 6.21. The topological polar surface area (TPSA) is 77.8 Å². The smallest absolute Gasteiger partial charge is 0.366 e. The van der Waals surface area contributed by atoms with E-state index in [2.05, 4.69) is 63.7 Å². The summed E-state index contributed by atoms with van der Waals surface area (Å²) in [6, 6.07) is -1.08. The molecule has 1 aliphatic heterocycles. The average Bonchev–Trinajstić information content (AvgIpc) is 2.66. The van der Waals surface area contributed by atoms with E-state index in [1.54, 1.807) is 20.8 Å². The molecule has 2 rings (SSSR count). The first-order valence-corrected chi connectivity index (χ1v) is 9.68. The molecule has 0 aromatic heterocycles. The summed E-state index contributed by atoms with van der Waals surface area (Å²) in [4.78, 5) is 26.6. The van der Waals surface area contributed by atoms with Gasteiger partial charge in [0, 0.05) is 17.9 Å². The van der Waals surface area contributed by atoms with Gasteiger partial charge >= 0.3 is 39.0 Å². The van der Waals surface area contributed by atoms with Crippen LogP contribution in [0.25, 0.3) is 0 Å². The third-order valence-corrected chi connectivity index (χ3v) is 8.35. The van der Waals surface area contributed by atoms with Crippen LogP contribution in [0.15, 0.2) is 17.9 Å². The van der Waals surface area contributed by atoms with Crippen molar-refractivity contribution in [3.63, 3.8) is 0 Å². The fraction of sp³-hybridized carbons (Fsp3) is 0.300. The molecule has 5 nitrogen and oxygen atoms in total. The third-order valence-electron chi connectivity index (χ3n) is 3.58. The van der Waals surface area contributed by atoms with E-state index in [1.807, 2.05) is 0 Å². The first-order valence-electron chi connectivity index (χ1n) is 6.51. The number of benzene rings is 1. The Hall–Kier alpha value is 1.45. The summed E-state index contributed by atoms with van der Waals surface area (Å²) in [6.45, 7) is 5.20. The Morgan fingerprint density at radius 3 is 1.13 bits per heavy atom. The summed E-state index contributed by atoms with van der Waals surface area (Å²) < 4.78 is 2.04. The molecule has 0 saturated carbocycles. The minimum atomic E-state index is -1.85. The Morgan fingerprint density at radius 1 is 0.677 bits per heavy atom. The molecule has 2 N–H and O–H groups in total. The van der Waals surface area contributed by atoms with E-state index >= 15 is 0 Å². The second-order valence-corrected chi connectivity index (χ2v) is 9.38. The first-order chi connectivity index (χ1) is 10.4. The van der Waals surface area contributed by atoms with Crippen molar-refractivity contribution in [1.82, 2.24) is 4.90 Å². The predicted molar refractivity (Wildman–Crippen MR) is 138 cm³/mol. The molecule has 1 atom stereocenters. The van der Waals surface area contributed by atoms with Gasteiger partial charge in [0.25, 0.3) is 11.8 Å². The van der Waals surface area contributed by atoms with Crippen LogP contribution in [0.3, 0.4) is 0 Å². The molecule has 0 unspecified atom stereocenters. The average molecular weight is 875 g/mol. The van der Waals surface area contributed by atoms with E-state index in [9.17, 15) is 19.8 Å². The molecule has 0 fully saturated rings. The number of halogens is 4. The summed E-state index contributed by atoms with van der Waals surface area (Å²) in [6.07, 6.45) is -1.85. The van der Waals surface area contributed by atoms with E-state index in [-0.39, 0.29) is 94.6 Å². The van der Waals surface area contributed by atoms with Crippen LogP contribution < -0.4 is 0 Å². The van der Waals surface area contributed by atoms with Gasteiger partial charge in [-0.3, -0.25) is 14.5 Å². The van der Waals surface area contributed by atoms with Crippen molar-refractivity contribution >= 4 is 75.5 Å². The maximum Gasteiger partial charge on any atom is 3.00 e. The van der Waals surface area contributed by atoms with Crippen molar-refractivity contribution in [3.05, 3.63) is 73.6 Å². The summed E-state index contributed by atoms with van der Waals surface area (Å²) in [5, 5.41) is 19.5. The van der Waals surface area contributed by atoms with Crippen LogP contribution in [0.2, 0.25) is 0 Å². The third kappa shape index (κ3) is 8.87. The van der Waals surface area contributed by atoms with E-state index in [1.165, 1.54) is 0 Å². The molecule has 0 saturated heterocycles.